The molecular weight excluding hydrogens is 148 g/mol. The molecule has 0 aliphatic rings. The van der Waals surface area contributed by atoms with Crippen LogP contribution < -0.4 is 5.32 Å². The van der Waals surface area contributed by atoms with E-state index in [1.165, 1.54) is 18.5 Å². The van der Waals surface area contributed by atoms with Gasteiger partial charge in [-0.15, -0.1) is 0 Å². The number of amides is 1. The molecule has 0 aliphatic heterocycles. The number of nitrogens with zero attached hydrogens (tertiary/aromatic N) is 1. The lowest BCUT2D eigenvalue weighted by Gasteiger charge is -1.95. The maximum Gasteiger partial charge on any atom is 0.217 e. The molecule has 0 saturated carbocycles. The number of carbonyl (C=O) groups is 1. The van der Waals surface area contributed by atoms with Gasteiger partial charge in [0.2, 0.25) is 5.91 Å². The zero-order valence-corrected chi connectivity index (χ0v) is 6.44. The Kier molecular flexibility index (Phi) is 2.39. The van der Waals surface area contributed by atoms with Crippen LogP contribution >= 0.6 is 11.5 Å². The van der Waals surface area contributed by atoms with Crippen LogP contribution in [-0.4, -0.2) is 10.3 Å². The molecule has 0 spiro atoms. The van der Waals surface area contributed by atoms with E-state index >= 15 is 0 Å². The molecule has 0 aliphatic carbocycles. The number of nitrogens with one attached hydrogen (secondary N) is 1. The van der Waals surface area contributed by atoms with E-state index in [-0.39, 0.29) is 5.91 Å². The van der Waals surface area contributed by atoms with Crippen molar-refractivity contribution in [1.82, 2.24) is 9.69 Å². The molecule has 54 valence electrons. The van der Waals surface area contributed by atoms with Crippen LogP contribution in [0.5, 0.6) is 0 Å². The van der Waals surface area contributed by atoms with Gasteiger partial charge in [-0.1, -0.05) is 0 Å². The molecule has 0 aromatic carbocycles. The minimum atomic E-state index is -0.0204. The third kappa shape index (κ3) is 2.14. The zero-order valence-electron chi connectivity index (χ0n) is 5.63. The molecule has 1 aromatic heterocycles. The highest BCUT2D eigenvalue weighted by Crippen LogP contribution is 1.97. The quantitative estimate of drug-likeness (QED) is 0.687. The fraction of sp³-hybridized carbons (Fsp3) is 0.333. The van der Waals surface area contributed by atoms with Gasteiger partial charge < -0.3 is 5.32 Å². The largest absolute Gasteiger partial charge is 0.351 e. The van der Waals surface area contributed by atoms with Crippen molar-refractivity contribution in [2.24, 2.45) is 0 Å². The van der Waals surface area contributed by atoms with Crippen LogP contribution in [0.4, 0.5) is 0 Å². The van der Waals surface area contributed by atoms with E-state index in [1.54, 1.807) is 0 Å². The normalized spacial score (nSPS) is 9.30. The highest BCUT2D eigenvalue weighted by Gasteiger charge is 1.94. The lowest BCUT2D eigenvalue weighted by atomic mass is 10.4. The van der Waals surface area contributed by atoms with E-state index in [4.69, 9.17) is 0 Å². The summed E-state index contributed by atoms with van der Waals surface area (Å²) in [6.45, 7) is 2.03. The molecule has 1 rings (SSSR count). The Labute approximate surface area is 63.2 Å². The predicted octanol–water partition coefficient (Wildman–Crippen LogP) is 0.779. The fourth-order valence-corrected chi connectivity index (χ4v) is 1.08. The molecule has 0 saturated heterocycles. The van der Waals surface area contributed by atoms with Gasteiger partial charge in [0.05, 0.1) is 12.2 Å². The van der Waals surface area contributed by atoms with Crippen LogP contribution in [0.3, 0.4) is 0 Å². The van der Waals surface area contributed by atoms with E-state index in [0.29, 0.717) is 6.54 Å². The second kappa shape index (κ2) is 3.31. The van der Waals surface area contributed by atoms with Gasteiger partial charge in [-0.3, -0.25) is 4.79 Å². The smallest absolute Gasteiger partial charge is 0.217 e. The van der Waals surface area contributed by atoms with Crippen molar-refractivity contribution >= 4 is 17.4 Å². The SMILES string of the molecule is CC(=O)NCc1ccsn1. The maximum absolute atomic E-state index is 10.4. The average molecular weight is 156 g/mol. The summed E-state index contributed by atoms with van der Waals surface area (Å²) >= 11 is 1.39. The first kappa shape index (κ1) is 7.21. The van der Waals surface area contributed by atoms with Crippen LogP contribution in [0.1, 0.15) is 12.6 Å². The van der Waals surface area contributed by atoms with E-state index in [0.717, 1.165) is 5.69 Å². The Bertz CT molecular complexity index is 208. The minimum absolute atomic E-state index is 0.0204. The van der Waals surface area contributed by atoms with Gasteiger partial charge >= 0.3 is 0 Å². The minimum Gasteiger partial charge on any atom is -0.351 e. The Morgan fingerprint density at radius 1 is 1.90 bits per heavy atom. The molecule has 0 atom stereocenters. The topological polar surface area (TPSA) is 42.0 Å². The van der Waals surface area contributed by atoms with Gasteiger partial charge in [0.15, 0.2) is 0 Å². The third-order valence-electron chi connectivity index (χ3n) is 1.01. The van der Waals surface area contributed by atoms with E-state index in [1.807, 2.05) is 11.4 Å². The molecular formula is C6H8N2OS. The summed E-state index contributed by atoms with van der Waals surface area (Å²) < 4.78 is 4.02. The van der Waals surface area contributed by atoms with Gasteiger partial charge in [-0.25, -0.2) is 0 Å². The number of rotatable bonds is 2. The summed E-state index contributed by atoms with van der Waals surface area (Å²) in [6, 6.07) is 1.89. The summed E-state index contributed by atoms with van der Waals surface area (Å²) in [5.74, 6) is -0.0204. The van der Waals surface area contributed by atoms with Gasteiger partial charge in [0.1, 0.15) is 0 Å². The first-order valence-electron chi connectivity index (χ1n) is 2.93. The van der Waals surface area contributed by atoms with Crippen LogP contribution in [0.15, 0.2) is 11.4 Å². The van der Waals surface area contributed by atoms with E-state index in [2.05, 4.69) is 9.69 Å². The molecule has 1 amide bonds. The number of hydrogen-bond donors (Lipinski definition) is 1. The van der Waals surface area contributed by atoms with Gasteiger partial charge in [-0.2, -0.15) is 4.37 Å². The third-order valence-corrected chi connectivity index (χ3v) is 1.61. The Morgan fingerprint density at radius 3 is 3.20 bits per heavy atom. The van der Waals surface area contributed by atoms with Crippen molar-refractivity contribution in [1.29, 1.82) is 0 Å². The summed E-state index contributed by atoms with van der Waals surface area (Å²) in [7, 11) is 0. The van der Waals surface area contributed by atoms with Crippen LogP contribution in [0.2, 0.25) is 0 Å². The first-order valence-corrected chi connectivity index (χ1v) is 3.76. The Morgan fingerprint density at radius 2 is 2.70 bits per heavy atom. The van der Waals surface area contributed by atoms with Crippen molar-refractivity contribution in [2.75, 3.05) is 0 Å². The molecule has 3 nitrogen and oxygen atoms in total. The molecule has 1 N–H and O–H groups in total. The van der Waals surface area contributed by atoms with E-state index in [9.17, 15) is 4.79 Å². The zero-order chi connectivity index (χ0) is 7.40. The molecule has 4 heteroatoms. The van der Waals surface area contributed by atoms with Crippen molar-refractivity contribution < 1.29 is 4.79 Å². The number of aromatic nitrogens is 1. The highest BCUT2D eigenvalue weighted by atomic mass is 32.1. The summed E-state index contributed by atoms with van der Waals surface area (Å²) in [5.41, 5.74) is 0.917. The molecule has 10 heavy (non-hydrogen) atoms. The molecule has 1 aromatic rings. The van der Waals surface area contributed by atoms with Crippen molar-refractivity contribution in [2.45, 2.75) is 13.5 Å². The van der Waals surface area contributed by atoms with E-state index < -0.39 is 0 Å². The van der Waals surface area contributed by atoms with Crippen LogP contribution in [0.25, 0.3) is 0 Å². The van der Waals surface area contributed by atoms with Crippen molar-refractivity contribution in [3.05, 3.63) is 17.1 Å². The predicted molar refractivity (Wildman–Crippen MR) is 39.6 cm³/mol. The summed E-state index contributed by atoms with van der Waals surface area (Å²) in [6.07, 6.45) is 0. The van der Waals surface area contributed by atoms with Crippen LogP contribution in [0, 0.1) is 0 Å². The maximum atomic E-state index is 10.4. The fourth-order valence-electron chi connectivity index (χ4n) is 0.544. The standard InChI is InChI=1S/C6H8N2OS/c1-5(9)7-4-6-2-3-10-8-6/h2-3H,4H2,1H3,(H,7,9). The summed E-state index contributed by atoms with van der Waals surface area (Å²) in [4.78, 5) is 10.4. The molecule has 0 radical (unpaired) electrons. The Hall–Kier alpha value is -0.900. The second-order valence-corrected chi connectivity index (χ2v) is 2.57. The number of hydrogen-bond acceptors (Lipinski definition) is 3. The molecule has 1 heterocycles. The van der Waals surface area contributed by atoms with Gasteiger partial charge in [0, 0.05) is 12.3 Å². The highest BCUT2D eigenvalue weighted by molar-refractivity contribution is 7.03. The Balaban J connectivity index is 2.35. The molecule has 0 fully saturated rings. The van der Waals surface area contributed by atoms with Crippen molar-refractivity contribution in [3.8, 4) is 0 Å². The monoisotopic (exact) mass is 156 g/mol. The number of carbonyl (C=O) groups excluding carboxylic acids is 1. The van der Waals surface area contributed by atoms with Crippen molar-refractivity contribution in [3.63, 3.8) is 0 Å². The van der Waals surface area contributed by atoms with Gasteiger partial charge in [-0.05, 0) is 17.6 Å². The lowest BCUT2D eigenvalue weighted by molar-refractivity contribution is -0.119. The second-order valence-electron chi connectivity index (χ2n) is 1.90. The molecule has 0 bridgehead atoms. The molecule has 0 unspecified atom stereocenters. The summed E-state index contributed by atoms with van der Waals surface area (Å²) in [5, 5.41) is 4.54. The van der Waals surface area contributed by atoms with Gasteiger partial charge in [0.25, 0.3) is 0 Å². The average Bonchev–Trinajstić information content (AvgIpc) is 2.34. The lowest BCUT2D eigenvalue weighted by Crippen LogP contribution is -2.18. The van der Waals surface area contributed by atoms with Crippen LogP contribution in [-0.2, 0) is 11.3 Å². The first-order chi connectivity index (χ1) is 4.79.